The summed E-state index contributed by atoms with van der Waals surface area (Å²) in [7, 11) is 2.19. The Hall–Kier alpha value is -1.02. The summed E-state index contributed by atoms with van der Waals surface area (Å²) in [6.45, 7) is 2.43. The van der Waals surface area contributed by atoms with Crippen molar-refractivity contribution >= 4 is 5.69 Å². The van der Waals surface area contributed by atoms with E-state index in [4.69, 9.17) is 0 Å². The van der Waals surface area contributed by atoms with Gasteiger partial charge >= 0.3 is 0 Å². The first-order valence-electron chi connectivity index (χ1n) is 5.35. The van der Waals surface area contributed by atoms with Crippen LogP contribution < -0.4 is 5.32 Å². The molecule has 0 aliphatic carbocycles. The van der Waals surface area contributed by atoms with Crippen LogP contribution in [0.1, 0.15) is 12.8 Å². The molecule has 0 aromatic heterocycles. The van der Waals surface area contributed by atoms with Crippen LogP contribution in [-0.2, 0) is 0 Å². The second kappa shape index (κ2) is 4.47. The number of likely N-dealkylation sites (tertiary alicyclic amines) is 1. The van der Waals surface area contributed by atoms with Gasteiger partial charge in [-0.1, -0.05) is 18.2 Å². The van der Waals surface area contributed by atoms with E-state index in [2.05, 4.69) is 47.6 Å². The van der Waals surface area contributed by atoms with Crippen molar-refractivity contribution in [3.8, 4) is 0 Å². The molecule has 1 fully saturated rings. The average Bonchev–Trinajstić information content (AvgIpc) is 2.23. The fourth-order valence-corrected chi connectivity index (χ4v) is 1.92. The highest BCUT2D eigenvalue weighted by Crippen LogP contribution is 2.14. The minimum atomic E-state index is 0.661. The summed E-state index contributed by atoms with van der Waals surface area (Å²) in [6.07, 6.45) is 2.51. The van der Waals surface area contributed by atoms with Crippen LogP contribution in [0, 0.1) is 0 Å². The zero-order chi connectivity index (χ0) is 9.80. The molecule has 2 nitrogen and oxygen atoms in total. The van der Waals surface area contributed by atoms with Crippen molar-refractivity contribution in [2.45, 2.75) is 18.9 Å². The van der Waals surface area contributed by atoms with Gasteiger partial charge in [0.05, 0.1) is 0 Å². The van der Waals surface area contributed by atoms with Gasteiger partial charge in [0.15, 0.2) is 0 Å². The van der Waals surface area contributed by atoms with E-state index in [1.54, 1.807) is 0 Å². The van der Waals surface area contributed by atoms with Gasteiger partial charge < -0.3 is 10.2 Å². The maximum absolute atomic E-state index is 3.57. The highest BCUT2D eigenvalue weighted by atomic mass is 15.1. The molecule has 0 bridgehead atoms. The molecule has 0 saturated carbocycles. The Labute approximate surface area is 85.9 Å². The third kappa shape index (κ3) is 2.48. The quantitative estimate of drug-likeness (QED) is 0.769. The van der Waals surface area contributed by atoms with Crippen LogP contribution in [-0.4, -0.2) is 31.1 Å². The lowest BCUT2D eigenvalue weighted by Crippen LogP contribution is -2.36. The van der Waals surface area contributed by atoms with Crippen LogP contribution in [0.25, 0.3) is 0 Å². The molecule has 0 atom stereocenters. The number of para-hydroxylation sites is 1. The molecule has 0 unspecified atom stereocenters. The minimum absolute atomic E-state index is 0.661. The second-order valence-corrected chi connectivity index (χ2v) is 4.09. The zero-order valence-electron chi connectivity index (χ0n) is 8.74. The largest absolute Gasteiger partial charge is 0.382 e. The third-order valence-electron chi connectivity index (χ3n) is 2.86. The van der Waals surface area contributed by atoms with E-state index in [-0.39, 0.29) is 0 Å². The Morgan fingerprint density at radius 3 is 2.43 bits per heavy atom. The Morgan fingerprint density at radius 2 is 1.79 bits per heavy atom. The lowest BCUT2D eigenvalue weighted by Gasteiger charge is -2.30. The van der Waals surface area contributed by atoms with E-state index in [1.807, 2.05) is 0 Å². The van der Waals surface area contributed by atoms with Crippen molar-refractivity contribution in [3.63, 3.8) is 0 Å². The van der Waals surface area contributed by atoms with Crippen molar-refractivity contribution in [3.05, 3.63) is 30.3 Å². The number of piperidine rings is 1. The molecule has 1 aliphatic rings. The fraction of sp³-hybridized carbons (Fsp3) is 0.500. The number of benzene rings is 1. The standard InChI is InChI=1S/C12H18N2/c1-14-9-7-12(8-10-14)13-11-5-3-2-4-6-11/h2-6,12-13H,7-10H2,1H3. The van der Waals surface area contributed by atoms with Crippen LogP contribution in [0.2, 0.25) is 0 Å². The monoisotopic (exact) mass is 190 g/mol. The number of hydrogen-bond acceptors (Lipinski definition) is 2. The van der Waals surface area contributed by atoms with Gasteiger partial charge in [0.2, 0.25) is 0 Å². The van der Waals surface area contributed by atoms with Gasteiger partial charge in [-0.25, -0.2) is 0 Å². The summed E-state index contributed by atoms with van der Waals surface area (Å²) in [6, 6.07) is 11.2. The third-order valence-corrected chi connectivity index (χ3v) is 2.86. The summed E-state index contributed by atoms with van der Waals surface area (Å²) in [5.74, 6) is 0. The molecular weight excluding hydrogens is 172 g/mol. The molecule has 1 aromatic carbocycles. The van der Waals surface area contributed by atoms with Gasteiger partial charge in [-0.2, -0.15) is 0 Å². The maximum atomic E-state index is 3.57. The van der Waals surface area contributed by atoms with Crippen LogP contribution in [0.5, 0.6) is 0 Å². The molecule has 76 valence electrons. The second-order valence-electron chi connectivity index (χ2n) is 4.09. The Balaban J connectivity index is 1.87. The zero-order valence-corrected chi connectivity index (χ0v) is 8.74. The first-order chi connectivity index (χ1) is 6.84. The van der Waals surface area contributed by atoms with Gasteiger partial charge in [-0.3, -0.25) is 0 Å². The Bertz CT molecular complexity index is 263. The van der Waals surface area contributed by atoms with Crippen molar-refractivity contribution in [2.24, 2.45) is 0 Å². The maximum Gasteiger partial charge on any atom is 0.0342 e. The predicted octanol–water partition coefficient (Wildman–Crippen LogP) is 2.19. The number of nitrogens with one attached hydrogen (secondary N) is 1. The average molecular weight is 190 g/mol. The summed E-state index contributed by atoms with van der Waals surface area (Å²) in [4.78, 5) is 2.39. The molecule has 14 heavy (non-hydrogen) atoms. The minimum Gasteiger partial charge on any atom is -0.382 e. The molecule has 1 heterocycles. The Kier molecular flexibility index (Phi) is 3.04. The predicted molar refractivity (Wildman–Crippen MR) is 60.6 cm³/mol. The van der Waals surface area contributed by atoms with E-state index in [9.17, 15) is 0 Å². The number of rotatable bonds is 2. The molecule has 1 saturated heterocycles. The highest BCUT2D eigenvalue weighted by molar-refractivity contribution is 5.43. The molecule has 0 amide bonds. The molecule has 2 rings (SSSR count). The SMILES string of the molecule is CN1CCC(Nc2ccccc2)CC1. The Morgan fingerprint density at radius 1 is 1.14 bits per heavy atom. The lowest BCUT2D eigenvalue weighted by atomic mass is 10.1. The van der Waals surface area contributed by atoms with E-state index < -0.39 is 0 Å². The summed E-state index contributed by atoms with van der Waals surface area (Å²) in [5, 5.41) is 3.57. The van der Waals surface area contributed by atoms with Crippen LogP contribution in [0.15, 0.2) is 30.3 Å². The van der Waals surface area contributed by atoms with Crippen LogP contribution >= 0.6 is 0 Å². The summed E-state index contributed by atoms with van der Waals surface area (Å²) < 4.78 is 0. The van der Waals surface area contributed by atoms with E-state index in [0.29, 0.717) is 6.04 Å². The van der Waals surface area contributed by atoms with E-state index >= 15 is 0 Å². The van der Waals surface area contributed by atoms with Crippen LogP contribution in [0.4, 0.5) is 5.69 Å². The van der Waals surface area contributed by atoms with Crippen molar-refractivity contribution < 1.29 is 0 Å². The number of anilines is 1. The van der Waals surface area contributed by atoms with Crippen molar-refractivity contribution in [2.75, 3.05) is 25.5 Å². The van der Waals surface area contributed by atoms with Gasteiger partial charge in [0.25, 0.3) is 0 Å². The van der Waals surface area contributed by atoms with Crippen molar-refractivity contribution in [1.82, 2.24) is 4.90 Å². The first-order valence-corrected chi connectivity index (χ1v) is 5.35. The van der Waals surface area contributed by atoms with E-state index in [1.165, 1.54) is 31.6 Å². The number of hydrogen-bond donors (Lipinski definition) is 1. The molecular formula is C12H18N2. The normalized spacial score (nSPS) is 19.5. The lowest BCUT2D eigenvalue weighted by molar-refractivity contribution is 0.264. The molecule has 1 N–H and O–H groups in total. The summed E-state index contributed by atoms with van der Waals surface area (Å²) in [5.41, 5.74) is 1.25. The molecule has 2 heteroatoms. The van der Waals surface area contributed by atoms with Gasteiger partial charge in [0, 0.05) is 11.7 Å². The fourth-order valence-electron chi connectivity index (χ4n) is 1.92. The van der Waals surface area contributed by atoms with E-state index in [0.717, 1.165) is 0 Å². The van der Waals surface area contributed by atoms with Crippen molar-refractivity contribution in [1.29, 1.82) is 0 Å². The number of nitrogens with zero attached hydrogens (tertiary/aromatic N) is 1. The molecule has 1 aromatic rings. The molecule has 0 spiro atoms. The smallest absolute Gasteiger partial charge is 0.0342 e. The van der Waals surface area contributed by atoms with Gasteiger partial charge in [0.1, 0.15) is 0 Å². The van der Waals surface area contributed by atoms with Gasteiger partial charge in [-0.15, -0.1) is 0 Å². The van der Waals surface area contributed by atoms with Gasteiger partial charge in [-0.05, 0) is 45.1 Å². The molecule has 1 aliphatic heterocycles. The first kappa shape index (κ1) is 9.53. The topological polar surface area (TPSA) is 15.3 Å². The van der Waals surface area contributed by atoms with Crippen LogP contribution in [0.3, 0.4) is 0 Å². The molecule has 0 radical (unpaired) electrons. The summed E-state index contributed by atoms with van der Waals surface area (Å²) >= 11 is 0. The highest BCUT2D eigenvalue weighted by Gasteiger charge is 2.15.